The van der Waals surface area contributed by atoms with Gasteiger partial charge in [-0.05, 0) is 132 Å². The van der Waals surface area contributed by atoms with Gasteiger partial charge in [0.05, 0.1) is 5.56 Å². The Bertz CT molecular complexity index is 1340. The third kappa shape index (κ3) is 4.34. The molecule has 0 heterocycles. The van der Waals surface area contributed by atoms with Crippen LogP contribution in [0.5, 0.6) is 0 Å². The van der Waals surface area contributed by atoms with Crippen LogP contribution in [0.3, 0.4) is 0 Å². The normalized spacial score (nSPS) is 39.6. The van der Waals surface area contributed by atoms with Crippen molar-refractivity contribution in [3.63, 3.8) is 0 Å². The van der Waals surface area contributed by atoms with Crippen LogP contribution in [0.2, 0.25) is 0 Å². The summed E-state index contributed by atoms with van der Waals surface area (Å²) in [5.41, 5.74) is 4.39. The van der Waals surface area contributed by atoms with E-state index in [1.165, 1.54) is 76.7 Å². The fourth-order valence-corrected chi connectivity index (χ4v) is 12.5. The highest BCUT2D eigenvalue weighted by Gasteiger charge is 2.82. The molecule has 2 N–H and O–H groups in total. The number of carboxylic acid groups (broad SMARTS) is 1. The summed E-state index contributed by atoms with van der Waals surface area (Å²) in [5.74, 6) is 2.61. The Balaban J connectivity index is 1.40. The average molecular weight is 588 g/mol. The van der Waals surface area contributed by atoms with E-state index in [0.717, 1.165) is 29.7 Å². The molecule has 0 aliphatic heterocycles. The quantitative estimate of drug-likeness (QED) is 0.318. The number of carboxylic acids is 1. The second kappa shape index (κ2) is 10.2. The molecular weight excluding hydrogens is 530 g/mol. The SMILES string of the molecule is CC(=O)Nc1ccc(C(=O)O)c(C2=CCC(C)(C)[C@@H]3CC[C@@H]4[C@]5(CC[C@]6(C)[C@@H]([C@H](C)CCCC(C)C)CC[C@@]46C)C[C@]235)c1. The van der Waals surface area contributed by atoms with Gasteiger partial charge in [0.15, 0.2) is 0 Å². The van der Waals surface area contributed by atoms with Crippen LogP contribution in [-0.2, 0) is 4.79 Å². The Morgan fingerprint density at radius 1 is 0.953 bits per heavy atom. The van der Waals surface area contributed by atoms with Crippen LogP contribution in [-0.4, -0.2) is 17.0 Å². The predicted octanol–water partition coefficient (Wildman–Crippen LogP) is 10.2. The van der Waals surface area contributed by atoms with E-state index in [2.05, 4.69) is 59.9 Å². The third-order valence-electron chi connectivity index (χ3n) is 14.6. The minimum atomic E-state index is -0.876. The molecule has 1 amide bonds. The molecule has 1 aromatic carbocycles. The van der Waals surface area contributed by atoms with Gasteiger partial charge in [-0.2, -0.15) is 0 Å². The van der Waals surface area contributed by atoms with Crippen LogP contribution in [0, 0.1) is 56.7 Å². The van der Waals surface area contributed by atoms with Gasteiger partial charge in [0.1, 0.15) is 0 Å². The fourth-order valence-electron chi connectivity index (χ4n) is 12.5. The smallest absolute Gasteiger partial charge is 0.336 e. The van der Waals surface area contributed by atoms with Crippen LogP contribution in [0.4, 0.5) is 5.69 Å². The zero-order chi connectivity index (χ0) is 31.2. The molecular formula is C39H57NO3. The van der Waals surface area contributed by atoms with Gasteiger partial charge in [0.2, 0.25) is 5.91 Å². The molecule has 4 saturated carbocycles. The standard InChI is InChI=1S/C39H57NO3/c1-24(2)10-9-11-25(3)30-17-19-37(8)33-15-14-32-35(5,6)18-16-31(39(32)23-38(33,39)21-20-36(30,37)7)29-22-27(40-26(4)41)12-13-28(29)34(42)43/h12-13,16,22,24-25,30,32-33H,9-11,14-15,17-21,23H2,1-8H3,(H,40,41)(H,42,43)/t25-,30-,32+,33+,36-,37+,38+,39+/m1/s1. The monoisotopic (exact) mass is 587 g/mol. The number of aromatic carboxylic acids is 1. The number of carbonyl (C=O) groups excluding carboxylic acids is 1. The summed E-state index contributed by atoms with van der Waals surface area (Å²) in [6, 6.07) is 5.43. The molecule has 0 aromatic heterocycles. The van der Waals surface area contributed by atoms with Crippen molar-refractivity contribution in [1.29, 1.82) is 0 Å². The Morgan fingerprint density at radius 3 is 2.35 bits per heavy atom. The highest BCUT2D eigenvalue weighted by atomic mass is 16.4. The molecule has 4 heteroatoms. The first-order chi connectivity index (χ1) is 20.1. The molecule has 0 bridgehead atoms. The molecule has 8 atom stereocenters. The first-order valence-electron chi connectivity index (χ1n) is 17.5. The average Bonchev–Trinajstić information content (AvgIpc) is 3.50. The van der Waals surface area contributed by atoms with E-state index in [1.807, 2.05) is 6.07 Å². The van der Waals surface area contributed by atoms with Gasteiger partial charge in [-0.1, -0.05) is 73.8 Å². The zero-order valence-electron chi connectivity index (χ0n) is 28.2. The Morgan fingerprint density at radius 2 is 1.67 bits per heavy atom. The summed E-state index contributed by atoms with van der Waals surface area (Å²) < 4.78 is 0. The van der Waals surface area contributed by atoms with Crippen molar-refractivity contribution in [2.45, 2.75) is 126 Å². The second-order valence-corrected chi connectivity index (χ2v) is 17.3. The van der Waals surface area contributed by atoms with Crippen LogP contribution >= 0.6 is 0 Å². The lowest BCUT2D eigenvalue weighted by Crippen LogP contribution is -2.56. The van der Waals surface area contributed by atoms with Crippen molar-refractivity contribution in [3.05, 3.63) is 35.4 Å². The van der Waals surface area contributed by atoms with Crippen molar-refractivity contribution in [1.82, 2.24) is 0 Å². The summed E-state index contributed by atoms with van der Waals surface area (Å²) in [4.78, 5) is 24.6. The first kappa shape index (κ1) is 30.9. The number of amides is 1. The number of carbonyl (C=O) groups is 2. The van der Waals surface area contributed by atoms with Crippen molar-refractivity contribution >= 4 is 23.1 Å². The molecule has 5 aliphatic rings. The van der Waals surface area contributed by atoms with E-state index in [0.29, 0.717) is 33.9 Å². The number of hydrogen-bond donors (Lipinski definition) is 2. The molecule has 0 saturated heterocycles. The highest BCUT2D eigenvalue weighted by Crippen LogP contribution is 2.90. The molecule has 4 nitrogen and oxygen atoms in total. The third-order valence-corrected chi connectivity index (χ3v) is 14.6. The number of fused-ring (bicyclic) bond motifs is 2. The van der Waals surface area contributed by atoms with Gasteiger partial charge in [-0.25, -0.2) is 4.79 Å². The maximum atomic E-state index is 12.6. The molecule has 0 unspecified atom stereocenters. The second-order valence-electron chi connectivity index (χ2n) is 17.3. The van der Waals surface area contributed by atoms with Gasteiger partial charge < -0.3 is 10.4 Å². The van der Waals surface area contributed by atoms with E-state index in [-0.39, 0.29) is 22.2 Å². The molecule has 4 fully saturated rings. The van der Waals surface area contributed by atoms with Crippen LogP contribution in [0.1, 0.15) is 142 Å². The molecule has 0 radical (unpaired) electrons. The molecule has 236 valence electrons. The minimum absolute atomic E-state index is 0.0298. The summed E-state index contributed by atoms with van der Waals surface area (Å²) in [6.07, 6.45) is 16.5. The lowest BCUT2D eigenvalue weighted by Gasteiger charge is -2.63. The summed E-state index contributed by atoms with van der Waals surface area (Å²) in [5, 5.41) is 13.3. The Labute approximate surface area is 260 Å². The maximum Gasteiger partial charge on any atom is 0.336 e. The van der Waals surface area contributed by atoms with E-state index in [4.69, 9.17) is 0 Å². The molecule has 2 spiro atoms. The number of anilines is 1. The number of allylic oxidation sites excluding steroid dienone is 2. The van der Waals surface area contributed by atoms with Gasteiger partial charge in [-0.3, -0.25) is 4.79 Å². The first-order valence-corrected chi connectivity index (χ1v) is 17.5. The van der Waals surface area contributed by atoms with Crippen LogP contribution in [0.25, 0.3) is 5.57 Å². The Hall–Kier alpha value is -2.10. The van der Waals surface area contributed by atoms with E-state index in [9.17, 15) is 14.7 Å². The van der Waals surface area contributed by atoms with E-state index in [1.54, 1.807) is 12.1 Å². The van der Waals surface area contributed by atoms with Crippen molar-refractivity contribution in [3.8, 4) is 0 Å². The molecule has 5 aliphatic carbocycles. The maximum absolute atomic E-state index is 12.6. The fraction of sp³-hybridized carbons (Fsp3) is 0.744. The van der Waals surface area contributed by atoms with E-state index >= 15 is 0 Å². The summed E-state index contributed by atoms with van der Waals surface area (Å²) >= 11 is 0. The number of rotatable bonds is 8. The molecule has 6 rings (SSSR count). The highest BCUT2D eigenvalue weighted by molar-refractivity contribution is 5.98. The molecule has 1 aromatic rings. The van der Waals surface area contributed by atoms with Gasteiger partial charge in [-0.15, -0.1) is 0 Å². The van der Waals surface area contributed by atoms with Crippen molar-refractivity contribution in [2.24, 2.45) is 56.7 Å². The van der Waals surface area contributed by atoms with Crippen LogP contribution in [0.15, 0.2) is 24.3 Å². The van der Waals surface area contributed by atoms with Crippen molar-refractivity contribution in [2.75, 3.05) is 5.32 Å². The number of benzene rings is 1. The number of nitrogens with one attached hydrogen (secondary N) is 1. The lowest BCUT2D eigenvalue weighted by molar-refractivity contribution is -0.125. The van der Waals surface area contributed by atoms with Gasteiger partial charge >= 0.3 is 5.97 Å². The van der Waals surface area contributed by atoms with E-state index < -0.39 is 5.97 Å². The molecule has 43 heavy (non-hydrogen) atoms. The summed E-state index contributed by atoms with van der Waals surface area (Å²) in [7, 11) is 0. The summed E-state index contributed by atoms with van der Waals surface area (Å²) in [6.45, 7) is 19.1. The lowest BCUT2D eigenvalue weighted by atomic mass is 9.41. The largest absolute Gasteiger partial charge is 0.478 e. The van der Waals surface area contributed by atoms with Crippen LogP contribution < -0.4 is 5.32 Å². The van der Waals surface area contributed by atoms with Gasteiger partial charge in [0, 0.05) is 18.0 Å². The Kier molecular flexibility index (Phi) is 7.34. The zero-order valence-corrected chi connectivity index (χ0v) is 28.2. The predicted molar refractivity (Wildman–Crippen MR) is 176 cm³/mol. The topological polar surface area (TPSA) is 66.4 Å². The number of hydrogen-bond acceptors (Lipinski definition) is 2. The minimum Gasteiger partial charge on any atom is -0.478 e. The van der Waals surface area contributed by atoms with Gasteiger partial charge in [0.25, 0.3) is 0 Å². The van der Waals surface area contributed by atoms with Crippen molar-refractivity contribution < 1.29 is 14.7 Å².